The number of nitrogen functional groups attached to an aromatic ring is 1. The van der Waals surface area contributed by atoms with Crippen LogP contribution in [0.5, 0.6) is 5.75 Å². The lowest BCUT2D eigenvalue weighted by molar-refractivity contribution is -0.186. The zero-order valence-electron chi connectivity index (χ0n) is 9.37. The van der Waals surface area contributed by atoms with E-state index in [0.717, 1.165) is 0 Å². The van der Waals surface area contributed by atoms with E-state index in [4.69, 9.17) is 10.5 Å². The Morgan fingerprint density at radius 2 is 1.83 bits per heavy atom. The van der Waals surface area contributed by atoms with E-state index < -0.39 is 18.8 Å². The average Bonchev–Trinajstić information content (AvgIpc) is 2.28. The highest BCUT2D eigenvalue weighted by Crippen LogP contribution is 2.15. The summed E-state index contributed by atoms with van der Waals surface area (Å²) in [6.07, 6.45) is -4.76. The summed E-state index contributed by atoms with van der Waals surface area (Å²) < 4.78 is 44.3. The molecule has 7 heteroatoms. The Morgan fingerprint density at radius 1 is 1.22 bits per heavy atom. The van der Waals surface area contributed by atoms with Crippen LogP contribution in [0.25, 0.3) is 0 Å². The third kappa shape index (κ3) is 5.97. The summed E-state index contributed by atoms with van der Waals surface area (Å²) in [4.78, 5) is 10.9. The maximum absolute atomic E-state index is 11.7. The molecule has 1 aromatic carbocycles. The first-order valence-corrected chi connectivity index (χ1v) is 5.07. The molecule has 1 aromatic rings. The maximum atomic E-state index is 11.7. The van der Waals surface area contributed by atoms with E-state index in [0.29, 0.717) is 11.4 Å². The second kappa shape index (κ2) is 6.13. The van der Waals surface area contributed by atoms with E-state index in [1.54, 1.807) is 24.3 Å². The summed E-state index contributed by atoms with van der Waals surface area (Å²) in [5.41, 5.74) is 6.01. The maximum Gasteiger partial charge on any atom is 0.422 e. The van der Waals surface area contributed by atoms with E-state index in [1.807, 2.05) is 0 Å². The van der Waals surface area contributed by atoms with Gasteiger partial charge in [-0.05, 0) is 24.3 Å². The van der Waals surface area contributed by atoms with Crippen molar-refractivity contribution in [2.24, 2.45) is 0 Å². The highest BCUT2D eigenvalue weighted by atomic mass is 19.4. The first-order chi connectivity index (χ1) is 8.37. The number of halogens is 3. The van der Waals surface area contributed by atoms with Crippen molar-refractivity contribution < 1.29 is 27.4 Å². The first kappa shape index (κ1) is 14.1. The van der Waals surface area contributed by atoms with Gasteiger partial charge in [-0.25, -0.2) is 0 Å². The molecule has 2 N–H and O–H groups in total. The van der Waals surface area contributed by atoms with Gasteiger partial charge in [-0.15, -0.1) is 0 Å². The van der Waals surface area contributed by atoms with Crippen LogP contribution in [0, 0.1) is 0 Å². The molecule has 0 aromatic heterocycles. The topological polar surface area (TPSA) is 61.5 Å². The largest absolute Gasteiger partial charge is 0.493 e. The minimum absolute atomic E-state index is 0.0550. The highest BCUT2D eigenvalue weighted by molar-refractivity contribution is 5.69. The molecule has 0 heterocycles. The van der Waals surface area contributed by atoms with Crippen molar-refractivity contribution in [2.45, 2.75) is 12.6 Å². The molecule has 0 aliphatic heterocycles. The Balaban J connectivity index is 2.21. The van der Waals surface area contributed by atoms with Crippen LogP contribution < -0.4 is 10.5 Å². The molecule has 0 bridgehead atoms. The molecule has 18 heavy (non-hydrogen) atoms. The molecular weight excluding hydrogens is 251 g/mol. The van der Waals surface area contributed by atoms with Crippen LogP contribution in [0.15, 0.2) is 24.3 Å². The van der Waals surface area contributed by atoms with Gasteiger partial charge in [-0.1, -0.05) is 0 Å². The highest BCUT2D eigenvalue weighted by Gasteiger charge is 2.29. The molecule has 0 aliphatic carbocycles. The summed E-state index contributed by atoms with van der Waals surface area (Å²) >= 11 is 0. The van der Waals surface area contributed by atoms with Crippen molar-refractivity contribution in [2.75, 3.05) is 18.9 Å². The van der Waals surface area contributed by atoms with E-state index >= 15 is 0 Å². The molecule has 0 radical (unpaired) electrons. The number of hydrogen-bond acceptors (Lipinski definition) is 4. The quantitative estimate of drug-likeness (QED) is 0.653. The number of ether oxygens (including phenoxy) is 2. The van der Waals surface area contributed by atoms with E-state index in [2.05, 4.69) is 4.74 Å². The van der Waals surface area contributed by atoms with Gasteiger partial charge in [0.05, 0.1) is 13.0 Å². The van der Waals surface area contributed by atoms with Crippen molar-refractivity contribution in [1.82, 2.24) is 0 Å². The van der Waals surface area contributed by atoms with Crippen LogP contribution in [0.1, 0.15) is 6.42 Å². The van der Waals surface area contributed by atoms with Gasteiger partial charge in [0, 0.05) is 5.69 Å². The minimum Gasteiger partial charge on any atom is -0.493 e. The first-order valence-electron chi connectivity index (χ1n) is 5.07. The van der Waals surface area contributed by atoms with E-state index in [-0.39, 0.29) is 13.0 Å². The molecule has 0 amide bonds. The molecule has 0 saturated carbocycles. The Labute approximate surface area is 101 Å². The van der Waals surface area contributed by atoms with Crippen molar-refractivity contribution in [1.29, 1.82) is 0 Å². The van der Waals surface area contributed by atoms with Crippen LogP contribution in [0.4, 0.5) is 18.9 Å². The molecule has 0 spiro atoms. The minimum atomic E-state index is -4.51. The zero-order valence-corrected chi connectivity index (χ0v) is 9.37. The summed E-state index contributed by atoms with van der Waals surface area (Å²) in [7, 11) is 0. The fourth-order valence-electron chi connectivity index (χ4n) is 1.05. The molecule has 0 aliphatic rings. The Kier molecular flexibility index (Phi) is 4.82. The van der Waals surface area contributed by atoms with Crippen molar-refractivity contribution in [3.05, 3.63) is 24.3 Å². The van der Waals surface area contributed by atoms with Crippen molar-refractivity contribution in [3.8, 4) is 5.75 Å². The third-order valence-electron chi connectivity index (χ3n) is 1.85. The summed E-state index contributed by atoms with van der Waals surface area (Å²) in [6.45, 7) is -1.63. The van der Waals surface area contributed by atoms with Crippen molar-refractivity contribution in [3.63, 3.8) is 0 Å². The zero-order chi connectivity index (χ0) is 13.6. The van der Waals surface area contributed by atoms with Crippen molar-refractivity contribution >= 4 is 11.7 Å². The van der Waals surface area contributed by atoms with Gasteiger partial charge in [0.1, 0.15) is 5.75 Å². The summed E-state index contributed by atoms with van der Waals surface area (Å²) in [5, 5.41) is 0. The van der Waals surface area contributed by atoms with Crippen LogP contribution in [-0.4, -0.2) is 25.4 Å². The smallest absolute Gasteiger partial charge is 0.422 e. The number of carbonyl (C=O) groups is 1. The Bertz CT molecular complexity index is 390. The Hall–Kier alpha value is -1.92. The average molecular weight is 263 g/mol. The predicted molar refractivity (Wildman–Crippen MR) is 58.0 cm³/mol. The number of carbonyl (C=O) groups excluding carboxylic acids is 1. The van der Waals surface area contributed by atoms with Gasteiger partial charge in [0.2, 0.25) is 0 Å². The molecule has 0 atom stereocenters. The Morgan fingerprint density at radius 3 is 2.39 bits per heavy atom. The third-order valence-corrected chi connectivity index (χ3v) is 1.85. The normalized spacial score (nSPS) is 11.1. The van der Waals surface area contributed by atoms with Gasteiger partial charge in [0.25, 0.3) is 0 Å². The van der Waals surface area contributed by atoms with E-state index in [1.165, 1.54) is 0 Å². The van der Waals surface area contributed by atoms with Crippen LogP contribution in [0.2, 0.25) is 0 Å². The molecule has 0 unspecified atom stereocenters. The van der Waals surface area contributed by atoms with Gasteiger partial charge >= 0.3 is 12.1 Å². The number of rotatable bonds is 5. The standard InChI is InChI=1S/C11H12F3NO3/c12-11(13,14)7-18-10(16)5-6-17-9-3-1-8(15)2-4-9/h1-4H,5-7,15H2. The fourth-order valence-corrected chi connectivity index (χ4v) is 1.05. The fraction of sp³-hybridized carbons (Fsp3) is 0.364. The van der Waals surface area contributed by atoms with Gasteiger partial charge in [-0.3, -0.25) is 4.79 Å². The van der Waals surface area contributed by atoms with Crippen LogP contribution in [-0.2, 0) is 9.53 Å². The lowest BCUT2D eigenvalue weighted by atomic mass is 10.3. The number of anilines is 1. The van der Waals surface area contributed by atoms with Crippen LogP contribution >= 0.6 is 0 Å². The molecule has 1 rings (SSSR count). The van der Waals surface area contributed by atoms with E-state index in [9.17, 15) is 18.0 Å². The second-order valence-corrected chi connectivity index (χ2v) is 3.44. The number of hydrogen-bond donors (Lipinski definition) is 1. The molecule has 0 fully saturated rings. The van der Waals surface area contributed by atoms with Gasteiger partial charge in [-0.2, -0.15) is 13.2 Å². The number of alkyl halides is 3. The predicted octanol–water partition coefficient (Wildman–Crippen LogP) is 2.14. The van der Waals surface area contributed by atoms with Gasteiger partial charge in [0.15, 0.2) is 6.61 Å². The summed E-state index contributed by atoms with van der Waals surface area (Å²) in [5.74, 6) is -0.476. The summed E-state index contributed by atoms with van der Waals surface area (Å²) in [6, 6.07) is 6.40. The van der Waals surface area contributed by atoms with Crippen LogP contribution in [0.3, 0.4) is 0 Å². The lowest BCUT2D eigenvalue weighted by Crippen LogP contribution is -2.21. The number of benzene rings is 1. The second-order valence-electron chi connectivity index (χ2n) is 3.44. The lowest BCUT2D eigenvalue weighted by Gasteiger charge is -2.08. The molecule has 100 valence electrons. The number of nitrogens with two attached hydrogens (primary N) is 1. The SMILES string of the molecule is Nc1ccc(OCCC(=O)OCC(F)(F)F)cc1. The monoisotopic (exact) mass is 263 g/mol. The molecule has 4 nitrogen and oxygen atoms in total. The molecule has 0 saturated heterocycles. The number of esters is 1. The van der Waals surface area contributed by atoms with Gasteiger partial charge < -0.3 is 15.2 Å². The molecular formula is C11H12F3NO3.